The van der Waals surface area contributed by atoms with E-state index in [1.54, 1.807) is 29.7 Å². The van der Waals surface area contributed by atoms with Crippen LogP contribution in [0.3, 0.4) is 0 Å². The standard InChI is InChI=1S/C30H25N3O5/c1-17(29(34)32-16-18-7-5-4-6-8-18)38-19-9-11-23-22(15-19)20-13-14-31-26-21-10-12-24(36-2)28(37-3)25(21)30(35)33(23)27(20)26/h4-15,17H,16H2,1-3H3,(H,32,34)/t17-/m0/s1. The second kappa shape index (κ2) is 9.23. The van der Waals surface area contributed by atoms with Crippen LogP contribution >= 0.6 is 0 Å². The van der Waals surface area contributed by atoms with Gasteiger partial charge in [0, 0.05) is 28.9 Å². The molecule has 6 rings (SSSR count). The zero-order valence-corrected chi connectivity index (χ0v) is 21.1. The molecule has 0 saturated heterocycles. The minimum atomic E-state index is -0.708. The molecule has 0 aliphatic heterocycles. The Morgan fingerprint density at radius 3 is 2.55 bits per heavy atom. The Hall–Kier alpha value is -4.85. The molecule has 0 radical (unpaired) electrons. The molecular formula is C30H25N3O5. The van der Waals surface area contributed by atoms with Gasteiger partial charge in [0.2, 0.25) is 0 Å². The van der Waals surface area contributed by atoms with Gasteiger partial charge < -0.3 is 19.5 Å². The monoisotopic (exact) mass is 507 g/mol. The lowest BCUT2D eigenvalue weighted by atomic mass is 10.1. The van der Waals surface area contributed by atoms with Crippen LogP contribution in [0.2, 0.25) is 0 Å². The van der Waals surface area contributed by atoms with Crippen molar-refractivity contribution in [2.75, 3.05) is 14.2 Å². The lowest BCUT2D eigenvalue weighted by Crippen LogP contribution is -2.35. The third-order valence-electron chi connectivity index (χ3n) is 6.86. The number of ether oxygens (including phenoxy) is 3. The highest BCUT2D eigenvalue weighted by Gasteiger charge is 2.23. The number of fused-ring (bicyclic) bond motifs is 5. The van der Waals surface area contributed by atoms with E-state index in [1.807, 2.05) is 54.6 Å². The number of hydrogen-bond acceptors (Lipinski definition) is 6. The number of aromatic nitrogens is 2. The fourth-order valence-electron chi connectivity index (χ4n) is 5.06. The summed E-state index contributed by atoms with van der Waals surface area (Å²) in [6, 6.07) is 20.7. The number of amides is 1. The number of carbonyl (C=O) groups is 1. The van der Waals surface area contributed by atoms with Crippen molar-refractivity contribution in [2.24, 2.45) is 0 Å². The molecule has 0 unspecified atom stereocenters. The smallest absolute Gasteiger partial charge is 0.267 e. The zero-order valence-electron chi connectivity index (χ0n) is 21.1. The van der Waals surface area contributed by atoms with E-state index in [1.165, 1.54) is 14.2 Å². The molecule has 38 heavy (non-hydrogen) atoms. The lowest BCUT2D eigenvalue weighted by molar-refractivity contribution is -0.127. The van der Waals surface area contributed by atoms with E-state index in [4.69, 9.17) is 14.2 Å². The summed E-state index contributed by atoms with van der Waals surface area (Å²) in [4.78, 5) is 31.2. The predicted molar refractivity (Wildman–Crippen MR) is 147 cm³/mol. The van der Waals surface area contributed by atoms with Crippen molar-refractivity contribution in [2.45, 2.75) is 19.6 Å². The van der Waals surface area contributed by atoms with Crippen LogP contribution in [-0.2, 0) is 11.3 Å². The SMILES string of the molecule is COc1ccc2c(c1OC)c(=O)n1c3ccc(O[C@@H](C)C(=O)NCc4ccccc4)cc3c3ccnc2c31. The van der Waals surface area contributed by atoms with Gasteiger partial charge in [-0.3, -0.25) is 19.0 Å². The largest absolute Gasteiger partial charge is 0.493 e. The first-order valence-electron chi connectivity index (χ1n) is 12.2. The summed E-state index contributed by atoms with van der Waals surface area (Å²) < 4.78 is 18.7. The summed E-state index contributed by atoms with van der Waals surface area (Å²) in [6.07, 6.45) is 1.02. The molecule has 6 aromatic rings. The molecule has 0 aliphatic carbocycles. The fraction of sp³-hybridized carbons (Fsp3) is 0.167. The van der Waals surface area contributed by atoms with Crippen LogP contribution in [0.15, 0.2) is 77.7 Å². The Morgan fingerprint density at radius 1 is 0.974 bits per heavy atom. The van der Waals surface area contributed by atoms with Gasteiger partial charge in [0.05, 0.1) is 36.2 Å². The van der Waals surface area contributed by atoms with E-state index in [0.29, 0.717) is 45.6 Å². The second-order valence-electron chi connectivity index (χ2n) is 9.06. The molecule has 3 aromatic heterocycles. The van der Waals surface area contributed by atoms with Gasteiger partial charge in [-0.2, -0.15) is 0 Å². The minimum absolute atomic E-state index is 0.215. The van der Waals surface area contributed by atoms with Gasteiger partial charge in [0.1, 0.15) is 5.75 Å². The molecule has 1 amide bonds. The first-order valence-corrected chi connectivity index (χ1v) is 12.2. The van der Waals surface area contributed by atoms with Crippen LogP contribution in [0.5, 0.6) is 17.2 Å². The van der Waals surface area contributed by atoms with Crippen molar-refractivity contribution < 1.29 is 19.0 Å². The van der Waals surface area contributed by atoms with Crippen molar-refractivity contribution in [1.82, 2.24) is 14.7 Å². The molecule has 8 nitrogen and oxygen atoms in total. The fourth-order valence-corrected chi connectivity index (χ4v) is 5.06. The topological polar surface area (TPSA) is 91.2 Å². The van der Waals surface area contributed by atoms with Gasteiger partial charge >= 0.3 is 0 Å². The first kappa shape index (κ1) is 23.5. The Morgan fingerprint density at radius 2 is 1.79 bits per heavy atom. The molecule has 3 aromatic carbocycles. The van der Waals surface area contributed by atoms with E-state index in [-0.39, 0.29) is 11.5 Å². The van der Waals surface area contributed by atoms with Crippen LogP contribution in [0.4, 0.5) is 0 Å². The van der Waals surface area contributed by atoms with E-state index < -0.39 is 6.10 Å². The average molecular weight is 508 g/mol. The molecule has 8 heteroatoms. The number of nitrogens with zero attached hydrogens (tertiary/aromatic N) is 2. The first-order chi connectivity index (χ1) is 18.5. The molecule has 0 aliphatic rings. The number of carbonyl (C=O) groups excluding carboxylic acids is 1. The van der Waals surface area contributed by atoms with Crippen molar-refractivity contribution in [3.8, 4) is 17.2 Å². The summed E-state index contributed by atoms with van der Waals surface area (Å²) in [5.41, 5.74) is 2.91. The summed E-state index contributed by atoms with van der Waals surface area (Å²) in [6.45, 7) is 2.14. The normalized spacial score (nSPS) is 12.3. The maximum absolute atomic E-state index is 13.9. The van der Waals surface area contributed by atoms with Gasteiger partial charge in [-0.15, -0.1) is 0 Å². The Labute approximate surface area is 217 Å². The van der Waals surface area contributed by atoms with Gasteiger partial charge in [-0.05, 0) is 48.9 Å². The number of benzene rings is 3. The van der Waals surface area contributed by atoms with Crippen molar-refractivity contribution >= 4 is 44.0 Å². The summed E-state index contributed by atoms with van der Waals surface area (Å²) >= 11 is 0. The summed E-state index contributed by atoms with van der Waals surface area (Å²) in [5, 5.41) is 5.69. The van der Waals surface area contributed by atoms with Gasteiger partial charge in [0.15, 0.2) is 17.6 Å². The number of pyridine rings is 2. The highest BCUT2D eigenvalue weighted by molar-refractivity contribution is 6.19. The second-order valence-corrected chi connectivity index (χ2v) is 9.06. The van der Waals surface area contributed by atoms with Gasteiger partial charge in [-0.25, -0.2) is 0 Å². The number of hydrogen-bond donors (Lipinski definition) is 1. The number of rotatable bonds is 7. The van der Waals surface area contributed by atoms with Crippen molar-refractivity contribution in [1.29, 1.82) is 0 Å². The maximum Gasteiger partial charge on any atom is 0.267 e. The highest BCUT2D eigenvalue weighted by atomic mass is 16.5. The molecule has 1 N–H and O–H groups in total. The van der Waals surface area contributed by atoms with Gasteiger partial charge in [-0.1, -0.05) is 30.3 Å². The maximum atomic E-state index is 13.9. The molecular weight excluding hydrogens is 482 g/mol. The average Bonchev–Trinajstić information content (AvgIpc) is 3.29. The molecule has 0 spiro atoms. The van der Waals surface area contributed by atoms with Crippen LogP contribution in [0.25, 0.3) is 38.1 Å². The third kappa shape index (κ3) is 3.64. The molecule has 190 valence electrons. The van der Waals surface area contributed by atoms with E-state index in [2.05, 4.69) is 10.3 Å². The van der Waals surface area contributed by atoms with Crippen molar-refractivity contribution in [3.05, 3.63) is 88.8 Å². The minimum Gasteiger partial charge on any atom is -0.493 e. The van der Waals surface area contributed by atoms with Crippen LogP contribution in [0, 0.1) is 0 Å². The molecule has 3 heterocycles. The Kier molecular flexibility index (Phi) is 5.72. The number of methoxy groups -OCH3 is 2. The Bertz CT molecular complexity index is 1880. The molecule has 0 saturated carbocycles. The van der Waals surface area contributed by atoms with E-state index in [9.17, 15) is 9.59 Å². The van der Waals surface area contributed by atoms with Crippen LogP contribution in [-0.4, -0.2) is 35.6 Å². The van der Waals surface area contributed by atoms with Crippen molar-refractivity contribution in [3.63, 3.8) is 0 Å². The Balaban J connectivity index is 1.43. The van der Waals surface area contributed by atoms with E-state index >= 15 is 0 Å². The molecule has 0 bridgehead atoms. The van der Waals surface area contributed by atoms with Crippen LogP contribution < -0.4 is 25.1 Å². The number of nitrogens with one attached hydrogen (secondary N) is 1. The summed E-state index contributed by atoms with van der Waals surface area (Å²) in [7, 11) is 3.06. The highest BCUT2D eigenvalue weighted by Crippen LogP contribution is 2.39. The quantitative estimate of drug-likeness (QED) is 0.315. The molecule has 0 fully saturated rings. The van der Waals surface area contributed by atoms with E-state index in [0.717, 1.165) is 21.9 Å². The predicted octanol–water partition coefficient (Wildman–Crippen LogP) is 4.69. The van der Waals surface area contributed by atoms with Gasteiger partial charge in [0.25, 0.3) is 11.5 Å². The van der Waals surface area contributed by atoms with Crippen LogP contribution in [0.1, 0.15) is 12.5 Å². The lowest BCUT2D eigenvalue weighted by Gasteiger charge is -2.15. The zero-order chi connectivity index (χ0) is 26.4. The summed E-state index contributed by atoms with van der Waals surface area (Å²) in [5.74, 6) is 1.16. The third-order valence-corrected chi connectivity index (χ3v) is 6.86. The molecule has 1 atom stereocenters.